The number of nitrogens with zero attached hydrogens (tertiary/aromatic N) is 5. The monoisotopic (exact) mass is 331 g/mol. The van der Waals surface area contributed by atoms with Crippen LogP contribution in [-0.2, 0) is 9.57 Å². The molecule has 0 spiro atoms. The number of oxime groups is 1. The topological polar surface area (TPSA) is 63.1 Å². The molecule has 0 amide bonds. The van der Waals surface area contributed by atoms with Gasteiger partial charge < -0.3 is 14.5 Å². The number of ether oxygens (including phenoxy) is 1. The first kappa shape index (κ1) is 15.6. The third-order valence-electron chi connectivity index (χ3n) is 4.99. The van der Waals surface area contributed by atoms with Crippen molar-refractivity contribution >= 4 is 11.8 Å². The van der Waals surface area contributed by atoms with Crippen LogP contribution >= 0.6 is 0 Å². The molecule has 0 radical (unpaired) electrons. The van der Waals surface area contributed by atoms with Gasteiger partial charge >= 0.3 is 0 Å². The van der Waals surface area contributed by atoms with E-state index in [0.717, 1.165) is 37.9 Å². The fraction of sp³-hybridized carbons (Fsp3) is 0.706. The van der Waals surface area contributed by atoms with Crippen molar-refractivity contribution in [1.29, 1.82) is 0 Å². The summed E-state index contributed by atoms with van der Waals surface area (Å²) in [4.78, 5) is 18.8. The molecule has 4 heterocycles. The number of anilines is 1. The van der Waals surface area contributed by atoms with Gasteiger partial charge in [0, 0.05) is 32.0 Å². The summed E-state index contributed by atoms with van der Waals surface area (Å²) < 4.78 is 6.17. The van der Waals surface area contributed by atoms with Gasteiger partial charge in [-0.05, 0) is 38.4 Å². The van der Waals surface area contributed by atoms with Crippen molar-refractivity contribution in [2.45, 2.75) is 31.8 Å². The minimum Gasteiger partial charge on any atom is -0.470 e. The van der Waals surface area contributed by atoms with E-state index >= 15 is 0 Å². The summed E-state index contributed by atoms with van der Waals surface area (Å²) in [5, 5.41) is 4.19. The number of piperidine rings is 1. The lowest BCUT2D eigenvalue weighted by molar-refractivity contribution is -0.0146. The Morgan fingerprint density at radius 2 is 1.92 bits per heavy atom. The Bertz CT molecular complexity index is 561. The molecule has 2 fully saturated rings. The van der Waals surface area contributed by atoms with Crippen LogP contribution in [0.1, 0.15) is 25.7 Å². The minimum absolute atomic E-state index is 0.0950. The van der Waals surface area contributed by atoms with E-state index in [1.807, 2.05) is 6.07 Å². The number of likely N-dealkylation sites (tertiary alicyclic amines) is 1. The third-order valence-corrected chi connectivity index (χ3v) is 4.99. The van der Waals surface area contributed by atoms with Gasteiger partial charge in [0.25, 0.3) is 0 Å². The highest BCUT2D eigenvalue weighted by molar-refractivity contribution is 5.80. The van der Waals surface area contributed by atoms with E-state index in [4.69, 9.17) is 9.57 Å². The molecular weight excluding hydrogens is 306 g/mol. The van der Waals surface area contributed by atoms with E-state index in [1.54, 1.807) is 12.4 Å². The van der Waals surface area contributed by atoms with Gasteiger partial charge in [0.2, 0.25) is 11.8 Å². The summed E-state index contributed by atoms with van der Waals surface area (Å²) in [6, 6.07) is 1.84. The molecule has 0 bridgehead atoms. The molecular formula is C17H25N5O2. The second-order valence-corrected chi connectivity index (χ2v) is 6.81. The molecule has 2 unspecified atom stereocenters. The molecule has 0 aromatic carbocycles. The van der Waals surface area contributed by atoms with Crippen LogP contribution in [0.4, 0.5) is 5.95 Å². The summed E-state index contributed by atoms with van der Waals surface area (Å²) >= 11 is 0. The number of hydrogen-bond acceptors (Lipinski definition) is 7. The minimum atomic E-state index is 0.0950. The smallest absolute Gasteiger partial charge is 0.231 e. The SMILES string of the molecule is c1cnc(N2CCC(C3=NOCC(CN4CCCCC4)O3)C2)nc1. The van der Waals surface area contributed by atoms with Crippen molar-refractivity contribution in [2.75, 3.05) is 44.2 Å². The number of aromatic nitrogens is 2. The van der Waals surface area contributed by atoms with Crippen LogP contribution in [0.25, 0.3) is 0 Å². The zero-order valence-corrected chi connectivity index (χ0v) is 14.0. The summed E-state index contributed by atoms with van der Waals surface area (Å²) in [5.74, 6) is 1.79. The summed E-state index contributed by atoms with van der Waals surface area (Å²) in [5.41, 5.74) is 0. The molecule has 24 heavy (non-hydrogen) atoms. The van der Waals surface area contributed by atoms with Crippen LogP contribution in [0, 0.1) is 5.92 Å². The van der Waals surface area contributed by atoms with E-state index < -0.39 is 0 Å². The highest BCUT2D eigenvalue weighted by Crippen LogP contribution is 2.24. The molecule has 2 saturated heterocycles. The highest BCUT2D eigenvalue weighted by atomic mass is 16.7. The van der Waals surface area contributed by atoms with E-state index in [1.165, 1.54) is 32.4 Å². The van der Waals surface area contributed by atoms with E-state index in [0.29, 0.717) is 6.61 Å². The molecule has 1 aromatic rings. The van der Waals surface area contributed by atoms with Crippen molar-refractivity contribution in [2.24, 2.45) is 11.1 Å². The maximum atomic E-state index is 6.17. The van der Waals surface area contributed by atoms with Gasteiger partial charge in [0.15, 0.2) is 6.61 Å². The van der Waals surface area contributed by atoms with Crippen LogP contribution in [0.2, 0.25) is 0 Å². The van der Waals surface area contributed by atoms with Crippen LogP contribution < -0.4 is 4.90 Å². The first-order valence-electron chi connectivity index (χ1n) is 8.99. The molecule has 0 N–H and O–H groups in total. The van der Waals surface area contributed by atoms with Crippen molar-refractivity contribution in [1.82, 2.24) is 14.9 Å². The predicted octanol–water partition coefficient (Wildman–Crippen LogP) is 1.52. The second kappa shape index (κ2) is 7.34. The maximum Gasteiger partial charge on any atom is 0.231 e. The summed E-state index contributed by atoms with van der Waals surface area (Å²) in [6.07, 6.45) is 8.59. The van der Waals surface area contributed by atoms with Crippen molar-refractivity contribution in [3.8, 4) is 0 Å². The highest BCUT2D eigenvalue weighted by Gasteiger charge is 2.33. The van der Waals surface area contributed by atoms with Crippen LogP contribution in [0.15, 0.2) is 23.6 Å². The molecule has 0 saturated carbocycles. The molecule has 4 rings (SSSR count). The summed E-state index contributed by atoms with van der Waals surface area (Å²) in [7, 11) is 0. The number of hydrogen-bond donors (Lipinski definition) is 0. The Morgan fingerprint density at radius 1 is 1.08 bits per heavy atom. The second-order valence-electron chi connectivity index (χ2n) is 6.81. The van der Waals surface area contributed by atoms with Crippen LogP contribution in [-0.4, -0.2) is 66.2 Å². The van der Waals surface area contributed by atoms with Gasteiger partial charge in [-0.1, -0.05) is 11.6 Å². The zero-order valence-electron chi connectivity index (χ0n) is 14.0. The maximum absolute atomic E-state index is 6.17. The van der Waals surface area contributed by atoms with Gasteiger partial charge in [-0.25, -0.2) is 9.97 Å². The van der Waals surface area contributed by atoms with Gasteiger partial charge in [-0.3, -0.25) is 4.90 Å². The lowest BCUT2D eigenvalue weighted by Crippen LogP contribution is -2.43. The van der Waals surface area contributed by atoms with Gasteiger partial charge in [0.05, 0.1) is 5.92 Å². The van der Waals surface area contributed by atoms with Crippen molar-refractivity contribution in [3.63, 3.8) is 0 Å². The largest absolute Gasteiger partial charge is 0.470 e. The molecule has 0 aliphatic carbocycles. The number of rotatable bonds is 4. The first-order valence-corrected chi connectivity index (χ1v) is 8.99. The fourth-order valence-corrected chi connectivity index (χ4v) is 3.70. The average molecular weight is 331 g/mol. The van der Waals surface area contributed by atoms with Crippen LogP contribution in [0.5, 0.6) is 0 Å². The van der Waals surface area contributed by atoms with Crippen molar-refractivity contribution in [3.05, 3.63) is 18.5 Å². The molecule has 3 aliphatic rings. The van der Waals surface area contributed by atoms with Gasteiger partial charge in [-0.2, -0.15) is 0 Å². The summed E-state index contributed by atoms with van der Waals surface area (Å²) in [6.45, 7) is 5.61. The Labute approximate surface area is 142 Å². The predicted molar refractivity (Wildman–Crippen MR) is 90.9 cm³/mol. The molecule has 3 aliphatic heterocycles. The Hall–Kier alpha value is -1.89. The van der Waals surface area contributed by atoms with Gasteiger partial charge in [-0.15, -0.1) is 0 Å². The Kier molecular flexibility index (Phi) is 4.78. The lowest BCUT2D eigenvalue weighted by atomic mass is 10.1. The van der Waals surface area contributed by atoms with E-state index in [-0.39, 0.29) is 12.0 Å². The molecule has 7 heteroatoms. The average Bonchev–Trinajstić information content (AvgIpc) is 3.14. The quantitative estimate of drug-likeness (QED) is 0.833. The molecule has 7 nitrogen and oxygen atoms in total. The molecule has 130 valence electrons. The van der Waals surface area contributed by atoms with E-state index in [2.05, 4.69) is 24.9 Å². The Balaban J connectivity index is 1.32. The Morgan fingerprint density at radius 3 is 2.75 bits per heavy atom. The van der Waals surface area contributed by atoms with Crippen LogP contribution in [0.3, 0.4) is 0 Å². The fourth-order valence-electron chi connectivity index (χ4n) is 3.70. The molecule has 1 aromatic heterocycles. The zero-order chi connectivity index (χ0) is 16.2. The standard InChI is InChI=1S/C17H25N5O2/c1-2-8-21(9-3-1)12-15-13-23-20-16(24-15)14-5-10-22(11-14)17-18-6-4-7-19-17/h4,6-7,14-15H,1-3,5,8-13H2. The van der Waals surface area contributed by atoms with Crippen molar-refractivity contribution < 1.29 is 9.57 Å². The van der Waals surface area contributed by atoms with E-state index in [9.17, 15) is 0 Å². The van der Waals surface area contributed by atoms with Gasteiger partial charge in [0.1, 0.15) is 6.10 Å². The first-order chi connectivity index (χ1) is 11.9. The lowest BCUT2D eigenvalue weighted by Gasteiger charge is -2.32. The normalized spacial score (nSPS) is 28.2. The third kappa shape index (κ3) is 3.61. The molecule has 2 atom stereocenters.